The Morgan fingerprint density at radius 2 is 1.95 bits per heavy atom. The van der Waals surface area contributed by atoms with Gasteiger partial charge in [0.2, 0.25) is 0 Å². The van der Waals surface area contributed by atoms with Crippen LogP contribution < -0.4 is 5.32 Å². The molecule has 0 saturated heterocycles. The SMILES string of the molecule is CC[C@@](C)(NCc1ccc(Cl)c2cccnc12)C(F)(F)F. The Kier molecular flexibility index (Phi) is 4.44. The van der Waals surface area contributed by atoms with Gasteiger partial charge in [0.1, 0.15) is 5.54 Å². The Morgan fingerprint density at radius 3 is 2.57 bits per heavy atom. The normalized spacial score (nSPS) is 15.1. The minimum atomic E-state index is -4.31. The lowest BCUT2D eigenvalue weighted by Gasteiger charge is -2.32. The topological polar surface area (TPSA) is 24.9 Å². The van der Waals surface area contributed by atoms with Gasteiger partial charge in [0.25, 0.3) is 0 Å². The quantitative estimate of drug-likeness (QED) is 0.883. The van der Waals surface area contributed by atoms with Crippen LogP contribution in [-0.4, -0.2) is 16.7 Å². The van der Waals surface area contributed by atoms with Gasteiger partial charge in [0.15, 0.2) is 0 Å². The van der Waals surface area contributed by atoms with Crippen LogP contribution in [0.25, 0.3) is 10.9 Å². The van der Waals surface area contributed by atoms with Crippen molar-refractivity contribution in [2.75, 3.05) is 0 Å². The molecule has 6 heteroatoms. The molecule has 1 N–H and O–H groups in total. The third-order valence-electron chi connectivity index (χ3n) is 3.80. The number of nitrogens with one attached hydrogen (secondary N) is 1. The van der Waals surface area contributed by atoms with Crippen LogP contribution in [0.5, 0.6) is 0 Å². The first-order valence-electron chi connectivity index (χ1n) is 6.62. The lowest BCUT2D eigenvalue weighted by molar-refractivity contribution is -0.192. The standard InChI is InChI=1S/C15H16ClF3N2/c1-3-14(2,15(17,18)19)21-9-10-6-7-12(16)11-5-4-8-20-13(10)11/h4-8,21H,3,9H2,1-2H3/t14-/m1/s1. The van der Waals surface area contributed by atoms with Crippen LogP contribution in [0.15, 0.2) is 30.5 Å². The molecule has 1 aromatic carbocycles. The summed E-state index contributed by atoms with van der Waals surface area (Å²) in [6.07, 6.45) is -2.75. The molecule has 0 saturated carbocycles. The van der Waals surface area contributed by atoms with Crippen molar-refractivity contribution in [3.63, 3.8) is 0 Å². The van der Waals surface area contributed by atoms with Crippen molar-refractivity contribution in [3.05, 3.63) is 41.0 Å². The number of alkyl halides is 3. The van der Waals surface area contributed by atoms with E-state index >= 15 is 0 Å². The second kappa shape index (κ2) is 5.81. The van der Waals surface area contributed by atoms with E-state index in [1.807, 2.05) is 0 Å². The van der Waals surface area contributed by atoms with Gasteiger partial charge in [0.05, 0.1) is 5.52 Å². The molecule has 114 valence electrons. The fourth-order valence-electron chi connectivity index (χ4n) is 2.06. The Hall–Kier alpha value is -1.33. The molecule has 2 aromatic rings. The number of nitrogens with zero attached hydrogens (tertiary/aromatic N) is 1. The van der Waals surface area contributed by atoms with E-state index in [-0.39, 0.29) is 13.0 Å². The summed E-state index contributed by atoms with van der Waals surface area (Å²) in [6, 6.07) is 6.94. The zero-order valence-electron chi connectivity index (χ0n) is 11.8. The van der Waals surface area contributed by atoms with E-state index in [1.54, 1.807) is 30.5 Å². The molecule has 0 aliphatic heterocycles. The molecular formula is C15H16ClF3N2. The van der Waals surface area contributed by atoms with E-state index in [0.29, 0.717) is 16.1 Å². The van der Waals surface area contributed by atoms with Crippen molar-refractivity contribution < 1.29 is 13.2 Å². The number of hydrogen-bond acceptors (Lipinski definition) is 2. The third kappa shape index (κ3) is 3.14. The minimum absolute atomic E-state index is 0.0462. The van der Waals surface area contributed by atoms with Crippen molar-refractivity contribution in [3.8, 4) is 0 Å². The molecule has 0 spiro atoms. The number of rotatable bonds is 4. The monoisotopic (exact) mass is 316 g/mol. The summed E-state index contributed by atoms with van der Waals surface area (Å²) >= 11 is 6.08. The summed E-state index contributed by atoms with van der Waals surface area (Å²) in [5.74, 6) is 0. The Balaban J connectivity index is 2.31. The maximum Gasteiger partial charge on any atom is 0.406 e. The summed E-state index contributed by atoms with van der Waals surface area (Å²) in [5.41, 5.74) is -0.606. The van der Waals surface area contributed by atoms with Gasteiger partial charge in [-0.25, -0.2) is 0 Å². The van der Waals surface area contributed by atoms with Gasteiger partial charge in [0, 0.05) is 23.2 Å². The van der Waals surface area contributed by atoms with E-state index in [2.05, 4.69) is 10.3 Å². The summed E-state index contributed by atoms with van der Waals surface area (Å²) in [4.78, 5) is 4.22. The number of fused-ring (bicyclic) bond motifs is 1. The average molecular weight is 317 g/mol. The maximum absolute atomic E-state index is 13.1. The van der Waals surface area contributed by atoms with Crippen LogP contribution in [0.3, 0.4) is 0 Å². The molecule has 0 aliphatic rings. The number of pyridine rings is 1. The molecule has 0 unspecified atom stereocenters. The second-order valence-corrected chi connectivity index (χ2v) is 5.55. The molecule has 1 aromatic heterocycles. The van der Waals surface area contributed by atoms with Crippen LogP contribution >= 0.6 is 11.6 Å². The first kappa shape index (κ1) is 16.0. The van der Waals surface area contributed by atoms with Crippen molar-refractivity contribution in [1.29, 1.82) is 0 Å². The molecule has 0 radical (unpaired) electrons. The number of benzene rings is 1. The molecule has 0 aliphatic carbocycles. The van der Waals surface area contributed by atoms with Crippen LogP contribution in [0, 0.1) is 0 Å². The van der Waals surface area contributed by atoms with Crippen LogP contribution in [0.1, 0.15) is 25.8 Å². The highest BCUT2D eigenvalue weighted by molar-refractivity contribution is 6.35. The Bertz CT molecular complexity index is 642. The lowest BCUT2D eigenvalue weighted by Crippen LogP contribution is -2.53. The van der Waals surface area contributed by atoms with E-state index in [4.69, 9.17) is 11.6 Å². The third-order valence-corrected chi connectivity index (χ3v) is 4.13. The van der Waals surface area contributed by atoms with Gasteiger partial charge in [-0.05, 0) is 37.1 Å². The van der Waals surface area contributed by atoms with Gasteiger partial charge in [-0.15, -0.1) is 0 Å². The van der Waals surface area contributed by atoms with Crippen molar-refractivity contribution in [2.45, 2.75) is 38.5 Å². The largest absolute Gasteiger partial charge is 0.406 e. The lowest BCUT2D eigenvalue weighted by atomic mass is 9.97. The second-order valence-electron chi connectivity index (χ2n) is 5.14. The smallest absolute Gasteiger partial charge is 0.300 e. The average Bonchev–Trinajstić information content (AvgIpc) is 2.45. The van der Waals surface area contributed by atoms with Crippen LogP contribution in [-0.2, 0) is 6.54 Å². The maximum atomic E-state index is 13.1. The first-order valence-corrected chi connectivity index (χ1v) is 7.00. The van der Waals surface area contributed by atoms with Gasteiger partial charge < -0.3 is 0 Å². The molecular weight excluding hydrogens is 301 g/mol. The molecule has 0 amide bonds. The molecule has 2 rings (SSSR count). The van der Waals surface area contributed by atoms with Crippen LogP contribution in [0.2, 0.25) is 5.02 Å². The highest BCUT2D eigenvalue weighted by Crippen LogP contribution is 2.33. The van der Waals surface area contributed by atoms with Crippen molar-refractivity contribution in [1.82, 2.24) is 10.3 Å². The van der Waals surface area contributed by atoms with Crippen molar-refractivity contribution in [2.24, 2.45) is 0 Å². The fourth-order valence-corrected chi connectivity index (χ4v) is 2.27. The number of hydrogen-bond donors (Lipinski definition) is 1. The zero-order valence-corrected chi connectivity index (χ0v) is 12.5. The van der Waals surface area contributed by atoms with E-state index in [9.17, 15) is 13.2 Å². The fraction of sp³-hybridized carbons (Fsp3) is 0.400. The van der Waals surface area contributed by atoms with Gasteiger partial charge in [-0.3, -0.25) is 10.3 Å². The van der Waals surface area contributed by atoms with Gasteiger partial charge >= 0.3 is 6.18 Å². The number of halogens is 4. The van der Waals surface area contributed by atoms with Gasteiger partial charge in [-0.2, -0.15) is 13.2 Å². The number of aromatic nitrogens is 1. The molecule has 2 nitrogen and oxygen atoms in total. The Morgan fingerprint density at radius 1 is 1.24 bits per heavy atom. The molecule has 21 heavy (non-hydrogen) atoms. The molecule has 0 bridgehead atoms. The minimum Gasteiger partial charge on any atom is -0.300 e. The summed E-state index contributed by atoms with van der Waals surface area (Å²) in [5, 5.41) is 3.88. The molecule has 0 fully saturated rings. The summed E-state index contributed by atoms with van der Waals surface area (Å²) < 4.78 is 39.3. The first-order chi connectivity index (χ1) is 9.78. The highest BCUT2D eigenvalue weighted by atomic mass is 35.5. The summed E-state index contributed by atoms with van der Waals surface area (Å²) in [7, 11) is 0. The zero-order chi connectivity index (χ0) is 15.7. The molecule has 1 heterocycles. The van der Waals surface area contributed by atoms with E-state index < -0.39 is 11.7 Å². The molecule has 1 atom stereocenters. The highest BCUT2D eigenvalue weighted by Gasteiger charge is 2.49. The van der Waals surface area contributed by atoms with E-state index in [0.717, 1.165) is 5.39 Å². The van der Waals surface area contributed by atoms with Gasteiger partial charge in [-0.1, -0.05) is 24.6 Å². The predicted molar refractivity (Wildman–Crippen MR) is 78.3 cm³/mol. The van der Waals surface area contributed by atoms with E-state index in [1.165, 1.54) is 13.8 Å². The van der Waals surface area contributed by atoms with Crippen LogP contribution in [0.4, 0.5) is 13.2 Å². The van der Waals surface area contributed by atoms with Crippen molar-refractivity contribution >= 4 is 22.5 Å². The Labute approximate surface area is 126 Å². The summed E-state index contributed by atoms with van der Waals surface area (Å²) in [6.45, 7) is 2.76. The predicted octanol–water partition coefficient (Wildman–Crippen LogP) is 4.71.